The van der Waals surface area contributed by atoms with Crippen molar-refractivity contribution in [3.8, 4) is 0 Å². The first-order valence-corrected chi connectivity index (χ1v) is 3.31. The van der Waals surface area contributed by atoms with Gasteiger partial charge in [0.15, 0.2) is 0 Å². The van der Waals surface area contributed by atoms with E-state index in [-0.39, 0.29) is 55.5 Å². The molecule has 0 spiro atoms. The molecule has 1 aliphatic heterocycles. The van der Waals surface area contributed by atoms with Gasteiger partial charge in [-0.2, -0.15) is 0 Å². The summed E-state index contributed by atoms with van der Waals surface area (Å²) in [4.78, 5) is 0. The van der Waals surface area contributed by atoms with E-state index in [1.54, 1.807) is 6.92 Å². The molecule has 1 fully saturated rings. The molecule has 1 heterocycles. The van der Waals surface area contributed by atoms with Crippen molar-refractivity contribution in [2.45, 2.75) is 6.92 Å². The van der Waals surface area contributed by atoms with Crippen molar-refractivity contribution < 1.29 is 9.84 Å². The third-order valence-corrected chi connectivity index (χ3v) is 0.846. The fraction of sp³-hybridized carbons (Fsp3) is 1.00. The van der Waals surface area contributed by atoms with Crippen molar-refractivity contribution in [2.24, 2.45) is 0 Å². The molecular formula is C6H17BaNO2. The van der Waals surface area contributed by atoms with Crippen molar-refractivity contribution in [1.29, 1.82) is 0 Å². The predicted molar refractivity (Wildman–Crippen MR) is 45.0 cm³/mol. The van der Waals surface area contributed by atoms with Crippen LogP contribution in [0, 0.1) is 0 Å². The molecule has 0 bridgehead atoms. The van der Waals surface area contributed by atoms with Gasteiger partial charge in [-0.15, -0.1) is 0 Å². The maximum absolute atomic E-state index is 7.57. The van der Waals surface area contributed by atoms with Gasteiger partial charge in [-0.3, -0.25) is 0 Å². The summed E-state index contributed by atoms with van der Waals surface area (Å²) in [5, 5.41) is 10.7. The molecule has 1 rings (SSSR count). The number of aliphatic hydroxyl groups excluding tert-OH is 1. The standard InChI is InChI=1S/C4H9NO.C2H6O.Ba.2H/c1-3-6-4-2-5-1;1-2-3;;;/h5H,1-4H2;3H,2H2,1H3;;;. The van der Waals surface area contributed by atoms with Crippen LogP contribution in [0.2, 0.25) is 0 Å². The van der Waals surface area contributed by atoms with Crippen LogP contribution in [0.3, 0.4) is 0 Å². The Kier molecular flexibility index (Phi) is 18.3. The molecule has 0 atom stereocenters. The summed E-state index contributed by atoms with van der Waals surface area (Å²) in [6.45, 7) is 5.76. The normalized spacial score (nSPS) is 16.2. The van der Waals surface area contributed by atoms with Gasteiger partial charge < -0.3 is 15.2 Å². The quantitative estimate of drug-likeness (QED) is 0.538. The Morgan fingerprint density at radius 3 is 1.90 bits per heavy atom. The minimum absolute atomic E-state index is 0. The van der Waals surface area contributed by atoms with E-state index in [0.717, 1.165) is 26.3 Å². The first kappa shape index (κ1) is 14.0. The van der Waals surface area contributed by atoms with Gasteiger partial charge >= 0.3 is 48.9 Å². The van der Waals surface area contributed by atoms with Gasteiger partial charge in [0.25, 0.3) is 0 Å². The fourth-order valence-electron chi connectivity index (χ4n) is 0.516. The Labute approximate surface area is 103 Å². The van der Waals surface area contributed by atoms with Crippen molar-refractivity contribution >= 4 is 48.9 Å². The Balaban J connectivity index is 0. The van der Waals surface area contributed by atoms with Crippen LogP contribution >= 0.6 is 0 Å². The van der Waals surface area contributed by atoms with Crippen molar-refractivity contribution in [2.75, 3.05) is 32.9 Å². The first-order chi connectivity index (χ1) is 4.41. The van der Waals surface area contributed by atoms with Crippen LogP contribution in [0.4, 0.5) is 0 Å². The predicted octanol–water partition coefficient (Wildman–Crippen LogP) is -1.31. The summed E-state index contributed by atoms with van der Waals surface area (Å²) in [7, 11) is 0. The summed E-state index contributed by atoms with van der Waals surface area (Å²) in [6.07, 6.45) is 0. The first-order valence-electron chi connectivity index (χ1n) is 3.31. The van der Waals surface area contributed by atoms with E-state index < -0.39 is 0 Å². The second-order valence-electron chi connectivity index (χ2n) is 1.68. The van der Waals surface area contributed by atoms with E-state index in [4.69, 9.17) is 9.84 Å². The summed E-state index contributed by atoms with van der Waals surface area (Å²) in [5.41, 5.74) is 0. The summed E-state index contributed by atoms with van der Waals surface area (Å²) in [5.74, 6) is 0. The third-order valence-electron chi connectivity index (χ3n) is 0.846. The van der Waals surface area contributed by atoms with Crippen LogP contribution in [0.15, 0.2) is 0 Å². The van der Waals surface area contributed by atoms with Crippen molar-refractivity contribution in [3.05, 3.63) is 0 Å². The summed E-state index contributed by atoms with van der Waals surface area (Å²) < 4.78 is 5.01. The SMILES string of the molecule is C1COCCN1.CCO.[BaH2]. The average Bonchev–Trinajstić information content (AvgIpc) is 1.93. The van der Waals surface area contributed by atoms with E-state index in [9.17, 15) is 0 Å². The molecular weight excluding hydrogens is 255 g/mol. The number of rotatable bonds is 0. The minimum atomic E-state index is 0. The zero-order valence-corrected chi connectivity index (χ0v) is 5.89. The van der Waals surface area contributed by atoms with E-state index in [0.29, 0.717) is 0 Å². The van der Waals surface area contributed by atoms with E-state index >= 15 is 0 Å². The number of hydrogen-bond acceptors (Lipinski definition) is 3. The molecule has 0 amide bonds. The van der Waals surface area contributed by atoms with E-state index in [1.807, 2.05) is 0 Å². The van der Waals surface area contributed by atoms with Gasteiger partial charge in [-0.05, 0) is 6.92 Å². The van der Waals surface area contributed by atoms with Gasteiger partial charge in [0.05, 0.1) is 13.2 Å². The summed E-state index contributed by atoms with van der Waals surface area (Å²) >= 11 is 0. The number of ether oxygens (including phenoxy) is 1. The van der Waals surface area contributed by atoms with Crippen molar-refractivity contribution in [3.63, 3.8) is 0 Å². The molecule has 0 saturated carbocycles. The molecule has 1 saturated heterocycles. The molecule has 0 unspecified atom stereocenters. The monoisotopic (exact) mass is 273 g/mol. The molecule has 4 heteroatoms. The molecule has 0 radical (unpaired) electrons. The molecule has 60 valence electrons. The molecule has 0 aromatic carbocycles. The molecule has 10 heavy (non-hydrogen) atoms. The topological polar surface area (TPSA) is 41.5 Å². The van der Waals surface area contributed by atoms with Crippen LogP contribution in [-0.2, 0) is 4.74 Å². The number of nitrogens with one attached hydrogen (secondary N) is 1. The maximum atomic E-state index is 7.57. The summed E-state index contributed by atoms with van der Waals surface area (Å²) in [6, 6.07) is 0. The second-order valence-corrected chi connectivity index (χ2v) is 1.68. The molecule has 0 aromatic heterocycles. The van der Waals surface area contributed by atoms with Crippen molar-refractivity contribution in [1.82, 2.24) is 5.32 Å². The Hall–Kier alpha value is 1.45. The van der Waals surface area contributed by atoms with Crippen LogP contribution < -0.4 is 5.32 Å². The van der Waals surface area contributed by atoms with E-state index in [2.05, 4.69) is 5.32 Å². The zero-order valence-electron chi connectivity index (χ0n) is 5.89. The molecule has 0 aromatic rings. The molecule has 1 aliphatic rings. The van der Waals surface area contributed by atoms with Gasteiger partial charge in [0.1, 0.15) is 0 Å². The Morgan fingerprint density at radius 2 is 1.80 bits per heavy atom. The number of morpholine rings is 1. The third kappa shape index (κ3) is 12.2. The number of hydrogen-bond donors (Lipinski definition) is 2. The Morgan fingerprint density at radius 1 is 1.40 bits per heavy atom. The van der Waals surface area contributed by atoms with Gasteiger partial charge in [0.2, 0.25) is 0 Å². The second kappa shape index (κ2) is 13.1. The van der Waals surface area contributed by atoms with Crippen LogP contribution in [0.25, 0.3) is 0 Å². The van der Waals surface area contributed by atoms with Crippen LogP contribution in [-0.4, -0.2) is 86.9 Å². The van der Waals surface area contributed by atoms with E-state index in [1.165, 1.54) is 0 Å². The number of aliphatic hydroxyl groups is 1. The van der Waals surface area contributed by atoms with Gasteiger partial charge in [-0.1, -0.05) is 0 Å². The molecule has 0 aliphatic carbocycles. The molecule has 3 nitrogen and oxygen atoms in total. The fourth-order valence-corrected chi connectivity index (χ4v) is 0.516. The Bertz CT molecular complexity index is 39.5. The van der Waals surface area contributed by atoms with Crippen LogP contribution in [0.1, 0.15) is 6.92 Å². The zero-order chi connectivity index (χ0) is 6.95. The molecule has 2 N–H and O–H groups in total. The van der Waals surface area contributed by atoms with Gasteiger partial charge in [0, 0.05) is 19.7 Å². The van der Waals surface area contributed by atoms with Gasteiger partial charge in [-0.25, -0.2) is 0 Å². The average molecular weight is 273 g/mol. The van der Waals surface area contributed by atoms with Crippen LogP contribution in [0.5, 0.6) is 0 Å².